The van der Waals surface area contributed by atoms with E-state index >= 15 is 0 Å². The number of sulfonamides is 1. The molecular formula is C32H38ClN3O4S. The van der Waals surface area contributed by atoms with Gasteiger partial charge in [-0.25, -0.2) is 8.42 Å². The van der Waals surface area contributed by atoms with Gasteiger partial charge in [-0.15, -0.1) is 0 Å². The van der Waals surface area contributed by atoms with Crippen LogP contribution in [0.2, 0.25) is 5.02 Å². The maximum atomic E-state index is 14.2. The highest BCUT2D eigenvalue weighted by Gasteiger charge is 2.34. The van der Waals surface area contributed by atoms with Crippen LogP contribution in [0.5, 0.6) is 0 Å². The zero-order valence-electron chi connectivity index (χ0n) is 23.6. The van der Waals surface area contributed by atoms with Gasteiger partial charge in [0.2, 0.25) is 21.8 Å². The molecule has 2 amide bonds. The maximum absolute atomic E-state index is 14.2. The number of rotatable bonds is 11. The molecule has 0 heterocycles. The summed E-state index contributed by atoms with van der Waals surface area (Å²) in [6.45, 7) is 1.69. The van der Waals surface area contributed by atoms with Crippen LogP contribution in [0, 0.1) is 6.92 Å². The van der Waals surface area contributed by atoms with Crippen LogP contribution in [-0.2, 0) is 32.6 Å². The van der Waals surface area contributed by atoms with Crippen molar-refractivity contribution < 1.29 is 18.0 Å². The average Bonchev–Trinajstić information content (AvgIpc) is 2.95. The lowest BCUT2D eigenvalue weighted by Crippen LogP contribution is -2.55. The average molecular weight is 596 g/mol. The first kappa shape index (κ1) is 30.6. The number of nitrogens with zero attached hydrogens (tertiary/aromatic N) is 2. The minimum Gasteiger partial charge on any atom is -0.352 e. The lowest BCUT2D eigenvalue weighted by Gasteiger charge is -2.35. The maximum Gasteiger partial charge on any atom is 0.244 e. The van der Waals surface area contributed by atoms with Gasteiger partial charge in [-0.05, 0) is 55.2 Å². The van der Waals surface area contributed by atoms with Crippen molar-refractivity contribution in [3.63, 3.8) is 0 Å². The Bertz CT molecular complexity index is 1410. The number of hydrogen-bond donors (Lipinski definition) is 1. The Morgan fingerprint density at radius 1 is 0.902 bits per heavy atom. The molecule has 1 atom stereocenters. The summed E-state index contributed by atoms with van der Waals surface area (Å²) in [4.78, 5) is 29.6. The van der Waals surface area contributed by atoms with Gasteiger partial charge < -0.3 is 10.2 Å². The largest absolute Gasteiger partial charge is 0.352 e. The summed E-state index contributed by atoms with van der Waals surface area (Å²) < 4.78 is 26.8. The second-order valence-electron chi connectivity index (χ2n) is 10.8. The van der Waals surface area contributed by atoms with E-state index in [2.05, 4.69) is 5.32 Å². The first-order chi connectivity index (χ1) is 19.6. The standard InChI is InChI=1S/C32H38ClN3O4S/c1-24-13-15-26(16-14-24)22-35(31(37)23-36(41(2,39)40)29-19-17-27(33)18-20-29)30(21-25-9-5-3-6-10-25)32(38)34-28-11-7-4-8-12-28/h3,5-6,9-10,13-20,28,30H,4,7-8,11-12,21-23H2,1-2H3,(H,34,38)/t30-/m0/s1. The number of aryl methyl sites for hydroxylation is 1. The molecule has 41 heavy (non-hydrogen) atoms. The summed E-state index contributed by atoms with van der Waals surface area (Å²) in [7, 11) is -3.82. The van der Waals surface area contributed by atoms with E-state index in [1.807, 2.05) is 61.5 Å². The number of amides is 2. The van der Waals surface area contributed by atoms with Crippen molar-refractivity contribution in [2.24, 2.45) is 0 Å². The van der Waals surface area contributed by atoms with Crippen molar-refractivity contribution in [2.75, 3.05) is 17.1 Å². The number of nitrogens with one attached hydrogen (secondary N) is 1. The van der Waals surface area contributed by atoms with Gasteiger partial charge in [-0.1, -0.05) is 91.0 Å². The van der Waals surface area contributed by atoms with Gasteiger partial charge >= 0.3 is 0 Å². The number of carbonyl (C=O) groups excluding carboxylic acids is 2. The number of halogens is 1. The van der Waals surface area contributed by atoms with E-state index in [0.717, 1.165) is 59.4 Å². The highest BCUT2D eigenvalue weighted by atomic mass is 35.5. The molecule has 1 fully saturated rings. The van der Waals surface area contributed by atoms with Gasteiger partial charge in [-0.3, -0.25) is 13.9 Å². The van der Waals surface area contributed by atoms with Crippen molar-refractivity contribution in [3.05, 3.63) is 101 Å². The van der Waals surface area contributed by atoms with Crippen LogP contribution in [-0.4, -0.2) is 50.0 Å². The summed E-state index contributed by atoms with van der Waals surface area (Å²) in [5.74, 6) is -0.690. The molecular weight excluding hydrogens is 558 g/mol. The monoisotopic (exact) mass is 595 g/mol. The zero-order valence-corrected chi connectivity index (χ0v) is 25.2. The van der Waals surface area contributed by atoms with E-state index in [0.29, 0.717) is 17.1 Å². The third-order valence-corrected chi connectivity index (χ3v) is 8.88. The molecule has 3 aromatic carbocycles. The second kappa shape index (κ2) is 14.0. The van der Waals surface area contributed by atoms with Gasteiger partial charge in [0.25, 0.3) is 0 Å². The molecule has 0 spiro atoms. The SMILES string of the molecule is Cc1ccc(CN(C(=O)CN(c2ccc(Cl)cc2)S(C)(=O)=O)[C@@H](Cc2ccccc2)C(=O)NC2CCCCC2)cc1. The lowest BCUT2D eigenvalue weighted by atomic mass is 9.94. The van der Waals surface area contributed by atoms with Crippen LogP contribution in [0.25, 0.3) is 0 Å². The van der Waals surface area contributed by atoms with Crippen molar-refractivity contribution in [1.82, 2.24) is 10.2 Å². The smallest absolute Gasteiger partial charge is 0.244 e. The van der Waals surface area contributed by atoms with Crippen LogP contribution in [0.3, 0.4) is 0 Å². The predicted molar refractivity (Wildman–Crippen MR) is 164 cm³/mol. The quantitative estimate of drug-likeness (QED) is 0.317. The molecule has 0 unspecified atom stereocenters. The molecule has 0 aliphatic heterocycles. The summed E-state index contributed by atoms with van der Waals surface area (Å²) in [6, 6.07) is 22.9. The molecule has 0 aromatic heterocycles. The zero-order chi connectivity index (χ0) is 29.4. The highest BCUT2D eigenvalue weighted by Crippen LogP contribution is 2.23. The minimum atomic E-state index is -3.82. The number of carbonyl (C=O) groups is 2. The molecule has 1 saturated carbocycles. The minimum absolute atomic E-state index is 0.0624. The van der Waals surface area contributed by atoms with E-state index < -0.39 is 28.5 Å². The fourth-order valence-corrected chi connectivity index (χ4v) is 6.19. The van der Waals surface area contributed by atoms with E-state index in [1.165, 1.54) is 4.90 Å². The lowest BCUT2D eigenvalue weighted by molar-refractivity contribution is -0.140. The Hall–Kier alpha value is -3.36. The Morgan fingerprint density at radius 3 is 2.15 bits per heavy atom. The van der Waals surface area contributed by atoms with Gasteiger partial charge in [0, 0.05) is 24.0 Å². The Balaban J connectivity index is 1.71. The predicted octanol–water partition coefficient (Wildman–Crippen LogP) is 5.50. The molecule has 4 rings (SSSR count). The highest BCUT2D eigenvalue weighted by molar-refractivity contribution is 7.92. The molecule has 1 N–H and O–H groups in total. The van der Waals surface area contributed by atoms with Crippen molar-refractivity contribution in [2.45, 2.75) is 64.1 Å². The summed E-state index contributed by atoms with van der Waals surface area (Å²) in [5.41, 5.74) is 3.17. The fourth-order valence-electron chi connectivity index (χ4n) is 5.21. The van der Waals surface area contributed by atoms with Crippen molar-refractivity contribution in [1.29, 1.82) is 0 Å². The van der Waals surface area contributed by atoms with E-state index in [-0.39, 0.29) is 18.5 Å². The van der Waals surface area contributed by atoms with Crippen LogP contribution in [0.1, 0.15) is 48.8 Å². The van der Waals surface area contributed by atoms with Crippen LogP contribution >= 0.6 is 11.6 Å². The molecule has 7 nitrogen and oxygen atoms in total. The second-order valence-corrected chi connectivity index (χ2v) is 13.1. The molecule has 9 heteroatoms. The molecule has 1 aliphatic rings. The summed E-state index contributed by atoms with van der Waals surface area (Å²) in [5, 5.41) is 3.67. The van der Waals surface area contributed by atoms with Gasteiger partial charge in [0.1, 0.15) is 12.6 Å². The van der Waals surface area contributed by atoms with E-state index in [9.17, 15) is 18.0 Å². The third-order valence-electron chi connectivity index (χ3n) is 7.49. The number of benzene rings is 3. The Kier molecular flexibility index (Phi) is 10.5. The van der Waals surface area contributed by atoms with Crippen molar-refractivity contribution >= 4 is 39.1 Å². The molecule has 0 bridgehead atoms. The Labute approximate surface area is 248 Å². The Morgan fingerprint density at radius 2 is 1.54 bits per heavy atom. The number of hydrogen-bond acceptors (Lipinski definition) is 4. The van der Waals surface area contributed by atoms with Crippen molar-refractivity contribution in [3.8, 4) is 0 Å². The topological polar surface area (TPSA) is 86.8 Å². The first-order valence-corrected chi connectivity index (χ1v) is 16.3. The fraction of sp³-hybridized carbons (Fsp3) is 0.375. The third kappa shape index (κ3) is 8.81. The van der Waals surface area contributed by atoms with Gasteiger partial charge in [0.05, 0.1) is 11.9 Å². The normalized spacial score (nSPS) is 14.7. The van der Waals surface area contributed by atoms with Crippen LogP contribution < -0.4 is 9.62 Å². The molecule has 0 saturated heterocycles. The summed E-state index contributed by atoms with van der Waals surface area (Å²) in [6.07, 6.45) is 6.47. The van der Waals surface area contributed by atoms with Gasteiger partial charge in [-0.2, -0.15) is 0 Å². The van der Waals surface area contributed by atoms with Crippen LogP contribution in [0.4, 0.5) is 5.69 Å². The van der Waals surface area contributed by atoms with Crippen LogP contribution in [0.15, 0.2) is 78.9 Å². The number of anilines is 1. The molecule has 1 aliphatic carbocycles. The summed E-state index contributed by atoms with van der Waals surface area (Å²) >= 11 is 6.03. The van der Waals surface area contributed by atoms with E-state index in [1.54, 1.807) is 24.3 Å². The molecule has 0 radical (unpaired) electrons. The molecule has 218 valence electrons. The van der Waals surface area contributed by atoms with Gasteiger partial charge in [0.15, 0.2) is 0 Å². The van der Waals surface area contributed by atoms with E-state index in [4.69, 9.17) is 11.6 Å². The molecule has 3 aromatic rings. The first-order valence-electron chi connectivity index (χ1n) is 14.0.